The summed E-state index contributed by atoms with van der Waals surface area (Å²) < 4.78 is 16.2. The third-order valence-electron chi connectivity index (χ3n) is 7.37. The van der Waals surface area contributed by atoms with Gasteiger partial charge < -0.3 is 34.6 Å². The first-order valence-corrected chi connectivity index (χ1v) is 14.0. The molecule has 1 fully saturated rings. The summed E-state index contributed by atoms with van der Waals surface area (Å²) in [5.74, 6) is 1.19. The van der Waals surface area contributed by atoms with Gasteiger partial charge in [0.05, 0.1) is 38.1 Å². The quantitative estimate of drug-likeness (QED) is 0.280. The highest BCUT2D eigenvalue weighted by Gasteiger charge is 2.24. The Kier molecular flexibility index (Phi) is 9.26. The fraction of sp³-hybridized carbons (Fsp3) is 0.242. The normalized spacial score (nSPS) is 12.8. The van der Waals surface area contributed by atoms with Crippen molar-refractivity contribution in [3.05, 3.63) is 102 Å². The number of carbonyl (C=O) groups excluding carboxylic acids is 2. The van der Waals surface area contributed by atoms with Gasteiger partial charge in [0.2, 0.25) is 0 Å². The molecule has 0 bridgehead atoms. The minimum absolute atomic E-state index is 0.246. The van der Waals surface area contributed by atoms with Crippen LogP contribution in [-0.4, -0.2) is 64.3 Å². The monoisotopic (exact) mass is 581 g/mol. The van der Waals surface area contributed by atoms with Crippen LogP contribution in [0.3, 0.4) is 0 Å². The van der Waals surface area contributed by atoms with Crippen LogP contribution in [0.4, 0.5) is 17.1 Å². The number of ether oxygens (including phenoxy) is 3. The zero-order chi connectivity index (χ0) is 30.2. The van der Waals surface area contributed by atoms with Gasteiger partial charge in [0.1, 0.15) is 17.2 Å². The third kappa shape index (κ3) is 6.81. The van der Waals surface area contributed by atoms with Gasteiger partial charge >= 0.3 is 0 Å². The molecule has 2 heterocycles. The van der Waals surface area contributed by atoms with E-state index in [1.54, 1.807) is 50.9 Å². The van der Waals surface area contributed by atoms with E-state index in [0.717, 1.165) is 35.8 Å². The molecule has 1 aliphatic heterocycles. The van der Waals surface area contributed by atoms with Crippen molar-refractivity contribution in [3.63, 3.8) is 0 Å². The molecule has 10 nitrogen and oxygen atoms in total. The van der Waals surface area contributed by atoms with Crippen LogP contribution < -0.4 is 34.6 Å². The third-order valence-corrected chi connectivity index (χ3v) is 7.37. The molecule has 0 atom stereocenters. The van der Waals surface area contributed by atoms with Gasteiger partial charge in [0.25, 0.3) is 11.8 Å². The minimum atomic E-state index is -0.362. The summed E-state index contributed by atoms with van der Waals surface area (Å²) in [6.45, 7) is 3.25. The summed E-state index contributed by atoms with van der Waals surface area (Å²) in [7, 11) is 4.73. The molecule has 2 N–H and O–H groups in total. The molecule has 0 spiro atoms. The maximum atomic E-state index is 13.6. The van der Waals surface area contributed by atoms with E-state index in [-0.39, 0.29) is 11.8 Å². The number of para-hydroxylation sites is 2. The van der Waals surface area contributed by atoms with E-state index in [0.29, 0.717) is 47.9 Å². The number of aromatic nitrogens is 1. The minimum Gasteiger partial charge on any atom is -0.497 e. The lowest BCUT2D eigenvalue weighted by molar-refractivity contribution is 0.0949. The van der Waals surface area contributed by atoms with Gasteiger partial charge in [-0.15, -0.1) is 0 Å². The van der Waals surface area contributed by atoms with Crippen molar-refractivity contribution in [1.82, 2.24) is 10.3 Å². The summed E-state index contributed by atoms with van der Waals surface area (Å²) in [5, 5.41) is 5.93. The van der Waals surface area contributed by atoms with Gasteiger partial charge in [-0.25, -0.2) is 0 Å². The lowest BCUT2D eigenvalue weighted by Crippen LogP contribution is -2.47. The van der Waals surface area contributed by atoms with Gasteiger partial charge in [-0.2, -0.15) is 0 Å². The number of rotatable bonds is 10. The van der Waals surface area contributed by atoms with E-state index in [9.17, 15) is 9.59 Å². The number of piperazine rings is 1. The van der Waals surface area contributed by atoms with Crippen LogP contribution in [0.5, 0.6) is 17.2 Å². The molecular formula is C33H35N5O5. The maximum Gasteiger partial charge on any atom is 0.259 e. The number of methoxy groups -OCH3 is 3. The number of nitrogens with zero attached hydrogens (tertiary/aromatic N) is 3. The average molecular weight is 582 g/mol. The molecule has 5 rings (SSSR count). The molecule has 1 aliphatic rings. The number of hydrogen-bond acceptors (Lipinski definition) is 8. The Morgan fingerprint density at radius 3 is 2.19 bits per heavy atom. The molecule has 2 amide bonds. The Balaban J connectivity index is 1.38. The van der Waals surface area contributed by atoms with Gasteiger partial charge in [0, 0.05) is 62.6 Å². The number of nitrogens with one attached hydrogen (secondary N) is 2. The Labute approximate surface area is 251 Å². The Morgan fingerprint density at radius 1 is 0.744 bits per heavy atom. The Bertz CT molecular complexity index is 1570. The predicted octanol–water partition coefficient (Wildman–Crippen LogP) is 4.62. The molecule has 0 saturated carbocycles. The summed E-state index contributed by atoms with van der Waals surface area (Å²) in [6, 6.07) is 22.1. The first-order chi connectivity index (χ1) is 21.0. The second kappa shape index (κ2) is 13.6. The van der Waals surface area contributed by atoms with Crippen LogP contribution in [0.15, 0.2) is 85.2 Å². The number of hydrogen-bond donors (Lipinski definition) is 2. The zero-order valence-corrected chi connectivity index (χ0v) is 24.5. The molecule has 0 unspecified atom stereocenters. The van der Waals surface area contributed by atoms with Crippen molar-refractivity contribution in [1.29, 1.82) is 0 Å². The Morgan fingerprint density at radius 2 is 1.49 bits per heavy atom. The van der Waals surface area contributed by atoms with E-state index >= 15 is 0 Å². The highest BCUT2D eigenvalue weighted by atomic mass is 16.5. The molecule has 0 radical (unpaired) electrons. The molecule has 43 heavy (non-hydrogen) atoms. The number of amides is 2. The van der Waals surface area contributed by atoms with Crippen LogP contribution in [0, 0.1) is 0 Å². The fourth-order valence-corrected chi connectivity index (χ4v) is 5.12. The van der Waals surface area contributed by atoms with E-state index in [1.807, 2.05) is 42.5 Å². The molecule has 3 aromatic carbocycles. The van der Waals surface area contributed by atoms with Crippen molar-refractivity contribution in [2.45, 2.75) is 6.54 Å². The molecule has 1 saturated heterocycles. The second-order valence-corrected chi connectivity index (χ2v) is 9.94. The van der Waals surface area contributed by atoms with Crippen LogP contribution in [0.25, 0.3) is 0 Å². The van der Waals surface area contributed by atoms with Crippen LogP contribution in [-0.2, 0) is 6.54 Å². The van der Waals surface area contributed by atoms with Crippen molar-refractivity contribution >= 4 is 28.9 Å². The van der Waals surface area contributed by atoms with E-state index < -0.39 is 0 Å². The van der Waals surface area contributed by atoms with Gasteiger partial charge in [-0.1, -0.05) is 18.2 Å². The van der Waals surface area contributed by atoms with E-state index in [4.69, 9.17) is 14.2 Å². The summed E-state index contributed by atoms with van der Waals surface area (Å²) in [6.07, 6.45) is 3.41. The lowest BCUT2D eigenvalue weighted by atomic mass is 10.1. The van der Waals surface area contributed by atoms with Crippen molar-refractivity contribution in [2.24, 2.45) is 0 Å². The maximum absolute atomic E-state index is 13.6. The standard InChI is InChI=1S/C33H35N5O5/c1-41-25-11-12-26(31(20-25)43-3)33(40)36-24-10-13-28(27(19-24)32(39)35-22-23-7-6-14-34-21-23)37-15-17-38(18-16-37)29-8-4-5-9-30(29)42-2/h4-14,19-21H,15-18,22H2,1-3H3,(H,35,39)(H,36,40). The van der Waals surface area contributed by atoms with E-state index in [2.05, 4.69) is 31.5 Å². The number of anilines is 3. The second-order valence-electron chi connectivity index (χ2n) is 9.94. The van der Waals surface area contributed by atoms with Gasteiger partial charge in [-0.05, 0) is 54.1 Å². The Hall–Kier alpha value is -5.25. The number of benzene rings is 3. The van der Waals surface area contributed by atoms with Crippen molar-refractivity contribution in [3.8, 4) is 17.2 Å². The van der Waals surface area contributed by atoms with Crippen LogP contribution >= 0.6 is 0 Å². The fourth-order valence-electron chi connectivity index (χ4n) is 5.12. The topological polar surface area (TPSA) is 105 Å². The smallest absolute Gasteiger partial charge is 0.259 e. The van der Waals surface area contributed by atoms with Gasteiger partial charge in [-0.3, -0.25) is 14.6 Å². The van der Waals surface area contributed by atoms with Crippen molar-refractivity contribution < 1.29 is 23.8 Å². The molecule has 10 heteroatoms. The SMILES string of the molecule is COc1ccc(C(=O)Nc2ccc(N3CCN(c4ccccc4OC)CC3)c(C(=O)NCc3cccnc3)c2)c(OC)c1. The number of pyridine rings is 1. The summed E-state index contributed by atoms with van der Waals surface area (Å²) >= 11 is 0. The van der Waals surface area contributed by atoms with E-state index in [1.165, 1.54) is 7.11 Å². The zero-order valence-electron chi connectivity index (χ0n) is 24.5. The molecular weight excluding hydrogens is 546 g/mol. The summed E-state index contributed by atoms with van der Waals surface area (Å²) in [5.41, 5.74) is 4.04. The summed E-state index contributed by atoms with van der Waals surface area (Å²) in [4.78, 5) is 35.4. The highest BCUT2D eigenvalue weighted by molar-refractivity contribution is 6.08. The average Bonchev–Trinajstić information content (AvgIpc) is 3.07. The van der Waals surface area contributed by atoms with Crippen molar-refractivity contribution in [2.75, 3.05) is 62.6 Å². The number of carbonyl (C=O) groups is 2. The molecule has 0 aliphatic carbocycles. The van der Waals surface area contributed by atoms with Crippen LogP contribution in [0.2, 0.25) is 0 Å². The lowest BCUT2D eigenvalue weighted by Gasteiger charge is -2.38. The molecule has 222 valence electrons. The first-order valence-electron chi connectivity index (χ1n) is 14.0. The first kappa shape index (κ1) is 29.2. The van der Waals surface area contributed by atoms with Crippen LogP contribution in [0.1, 0.15) is 26.3 Å². The molecule has 4 aromatic rings. The predicted molar refractivity (Wildman–Crippen MR) is 167 cm³/mol. The highest BCUT2D eigenvalue weighted by Crippen LogP contribution is 2.32. The van der Waals surface area contributed by atoms with Gasteiger partial charge in [0.15, 0.2) is 0 Å². The molecule has 1 aromatic heterocycles. The largest absolute Gasteiger partial charge is 0.497 e.